The number of carbonyl (C=O) groups excluding carboxylic acids is 1. The number of anilines is 1. The summed E-state index contributed by atoms with van der Waals surface area (Å²) < 4.78 is 6.34. The molecule has 1 N–H and O–H groups in total. The zero-order valence-electron chi connectivity index (χ0n) is 13.5. The minimum absolute atomic E-state index is 0.00754. The zero-order chi connectivity index (χ0) is 16.5. The lowest BCUT2D eigenvalue weighted by molar-refractivity contribution is -0.163. The molecule has 3 atom stereocenters. The molecule has 0 aliphatic carbocycles. The summed E-state index contributed by atoms with van der Waals surface area (Å²) in [5.74, 6) is 0.781. The smallest absolute Gasteiger partial charge is 0.306 e. The molecule has 0 bridgehead atoms. The molecule has 3 unspecified atom stereocenters. The van der Waals surface area contributed by atoms with Gasteiger partial charge in [-0.3, -0.25) is 4.79 Å². The Kier molecular flexibility index (Phi) is 2.48. The van der Waals surface area contributed by atoms with Gasteiger partial charge >= 0.3 is 5.72 Å². The maximum atomic E-state index is 13.0. The van der Waals surface area contributed by atoms with Crippen molar-refractivity contribution in [1.29, 1.82) is 0 Å². The molecular formula is C19H17N3O2. The second-order valence-electron chi connectivity index (χ2n) is 6.60. The molecule has 1 amide bonds. The first-order valence-electron chi connectivity index (χ1n) is 8.16. The Morgan fingerprint density at radius 2 is 1.92 bits per heavy atom. The van der Waals surface area contributed by atoms with Gasteiger partial charge in [-0.2, -0.15) is 5.10 Å². The van der Waals surface area contributed by atoms with Crippen molar-refractivity contribution >= 4 is 17.3 Å². The van der Waals surface area contributed by atoms with Crippen molar-refractivity contribution in [1.82, 2.24) is 5.01 Å². The van der Waals surface area contributed by atoms with Gasteiger partial charge in [0, 0.05) is 17.2 Å². The summed E-state index contributed by atoms with van der Waals surface area (Å²) >= 11 is 0. The Bertz CT molecular complexity index is 907. The predicted octanol–water partition coefficient (Wildman–Crippen LogP) is 3.25. The Balaban J connectivity index is 1.81. The number of hydrogen-bond donors (Lipinski definition) is 1. The number of benzene rings is 2. The van der Waals surface area contributed by atoms with Crippen LogP contribution in [0.15, 0.2) is 53.6 Å². The van der Waals surface area contributed by atoms with Crippen molar-refractivity contribution in [2.45, 2.75) is 25.6 Å². The maximum Gasteiger partial charge on any atom is 0.306 e. The maximum absolute atomic E-state index is 13.0. The Hall–Kier alpha value is -2.82. The summed E-state index contributed by atoms with van der Waals surface area (Å²) in [5, 5.41) is 9.55. The second-order valence-corrected chi connectivity index (χ2v) is 6.60. The van der Waals surface area contributed by atoms with Gasteiger partial charge in [-0.25, -0.2) is 5.01 Å². The van der Waals surface area contributed by atoms with E-state index in [1.54, 1.807) is 0 Å². The monoisotopic (exact) mass is 319 g/mol. The molecule has 2 aromatic carbocycles. The van der Waals surface area contributed by atoms with Crippen LogP contribution in [-0.4, -0.2) is 16.6 Å². The zero-order valence-corrected chi connectivity index (χ0v) is 13.5. The molecule has 0 fully saturated rings. The van der Waals surface area contributed by atoms with Crippen LogP contribution in [0.25, 0.3) is 0 Å². The quantitative estimate of drug-likeness (QED) is 0.811. The second kappa shape index (κ2) is 4.38. The van der Waals surface area contributed by atoms with Crippen LogP contribution in [0.1, 0.15) is 31.0 Å². The highest BCUT2D eigenvalue weighted by Gasteiger charge is 2.61. The van der Waals surface area contributed by atoms with Gasteiger partial charge in [0.25, 0.3) is 5.91 Å². The number of para-hydroxylation sites is 2. The summed E-state index contributed by atoms with van der Waals surface area (Å²) in [5.41, 5.74) is 2.46. The third-order valence-electron chi connectivity index (χ3n) is 5.33. The lowest BCUT2D eigenvalue weighted by atomic mass is 9.87. The van der Waals surface area contributed by atoms with Crippen LogP contribution in [0.2, 0.25) is 0 Å². The highest BCUT2D eigenvalue weighted by molar-refractivity contribution is 6.05. The van der Waals surface area contributed by atoms with Gasteiger partial charge in [0.1, 0.15) is 5.75 Å². The average Bonchev–Trinajstić information content (AvgIpc) is 3.04. The number of carbonyl (C=O) groups is 1. The molecule has 5 rings (SSSR count). The molecule has 0 saturated carbocycles. The molecule has 3 aliphatic rings. The van der Waals surface area contributed by atoms with Gasteiger partial charge in [0.05, 0.1) is 17.3 Å². The summed E-state index contributed by atoms with van der Waals surface area (Å²) in [6, 6.07) is 15.6. The van der Waals surface area contributed by atoms with E-state index < -0.39 is 5.72 Å². The normalized spacial score (nSPS) is 29.5. The molecule has 5 nitrogen and oxygen atoms in total. The number of hydrogen-bond acceptors (Lipinski definition) is 4. The van der Waals surface area contributed by atoms with Crippen molar-refractivity contribution in [2.24, 2.45) is 11.0 Å². The van der Waals surface area contributed by atoms with Crippen molar-refractivity contribution in [3.05, 3.63) is 59.7 Å². The van der Waals surface area contributed by atoms with E-state index in [9.17, 15) is 4.79 Å². The minimum Gasteiger partial charge on any atom is -0.453 e. The van der Waals surface area contributed by atoms with Gasteiger partial charge in [-0.1, -0.05) is 43.3 Å². The highest BCUT2D eigenvalue weighted by atomic mass is 16.5. The fourth-order valence-corrected chi connectivity index (χ4v) is 4.00. The van der Waals surface area contributed by atoms with E-state index in [4.69, 9.17) is 9.84 Å². The Morgan fingerprint density at radius 3 is 2.79 bits per heavy atom. The summed E-state index contributed by atoms with van der Waals surface area (Å²) in [6.07, 6.45) is 0. The Morgan fingerprint density at radius 1 is 1.17 bits per heavy atom. The molecule has 0 saturated heterocycles. The van der Waals surface area contributed by atoms with Crippen LogP contribution in [-0.2, 0) is 10.5 Å². The number of nitrogens with one attached hydrogen (secondary N) is 1. The van der Waals surface area contributed by atoms with Gasteiger partial charge in [-0.05, 0) is 19.1 Å². The highest BCUT2D eigenvalue weighted by Crippen LogP contribution is 2.54. The van der Waals surface area contributed by atoms with Crippen LogP contribution in [0, 0.1) is 5.92 Å². The minimum atomic E-state index is -1.23. The summed E-state index contributed by atoms with van der Waals surface area (Å²) in [7, 11) is 0. The number of ether oxygens (including phenoxy) is 1. The van der Waals surface area contributed by atoms with Crippen molar-refractivity contribution in [2.75, 3.05) is 5.32 Å². The topological polar surface area (TPSA) is 53.9 Å². The van der Waals surface area contributed by atoms with Gasteiger partial charge in [0.15, 0.2) is 0 Å². The molecule has 0 aromatic heterocycles. The fraction of sp³-hybridized carbons (Fsp3) is 0.263. The molecule has 2 aromatic rings. The molecule has 1 spiro atoms. The van der Waals surface area contributed by atoms with Crippen LogP contribution < -0.4 is 10.1 Å². The number of rotatable bonds is 0. The first-order chi connectivity index (χ1) is 11.6. The van der Waals surface area contributed by atoms with Crippen LogP contribution in [0.3, 0.4) is 0 Å². The SMILES string of the molecule is CC1=NN2C(c3ccccc3OC23C(=O)Nc2ccccc23)C1C. The van der Waals surface area contributed by atoms with Crippen molar-refractivity contribution < 1.29 is 9.53 Å². The predicted molar refractivity (Wildman–Crippen MR) is 90.7 cm³/mol. The van der Waals surface area contributed by atoms with Gasteiger partial charge < -0.3 is 10.1 Å². The molecule has 0 radical (unpaired) electrons. The Labute approximate surface area is 139 Å². The van der Waals surface area contributed by atoms with Gasteiger partial charge in [-0.15, -0.1) is 0 Å². The van der Waals surface area contributed by atoms with E-state index in [0.717, 1.165) is 28.3 Å². The number of hydrazone groups is 1. The van der Waals surface area contributed by atoms with E-state index >= 15 is 0 Å². The van der Waals surface area contributed by atoms with Gasteiger partial charge in [0.2, 0.25) is 0 Å². The van der Waals surface area contributed by atoms with Crippen molar-refractivity contribution in [3.8, 4) is 5.75 Å². The molecule has 120 valence electrons. The molecular weight excluding hydrogens is 302 g/mol. The van der Waals surface area contributed by atoms with Crippen LogP contribution in [0.4, 0.5) is 5.69 Å². The van der Waals surface area contributed by atoms with Crippen LogP contribution in [0.5, 0.6) is 5.75 Å². The van der Waals surface area contributed by atoms with E-state index in [0.29, 0.717) is 0 Å². The third kappa shape index (κ3) is 1.45. The summed E-state index contributed by atoms with van der Waals surface area (Å²) in [4.78, 5) is 13.0. The first-order valence-corrected chi connectivity index (χ1v) is 8.16. The number of fused-ring (bicyclic) bond motifs is 6. The number of nitrogens with zero attached hydrogens (tertiary/aromatic N) is 2. The fourth-order valence-electron chi connectivity index (χ4n) is 4.00. The first kappa shape index (κ1) is 13.6. The molecule has 24 heavy (non-hydrogen) atoms. The van der Waals surface area contributed by atoms with Crippen LogP contribution >= 0.6 is 0 Å². The van der Waals surface area contributed by atoms with E-state index in [1.165, 1.54) is 0 Å². The van der Waals surface area contributed by atoms with E-state index in [-0.39, 0.29) is 17.9 Å². The lowest BCUT2D eigenvalue weighted by Gasteiger charge is -2.44. The lowest BCUT2D eigenvalue weighted by Crippen LogP contribution is -2.56. The largest absolute Gasteiger partial charge is 0.453 e. The number of amides is 1. The third-order valence-corrected chi connectivity index (χ3v) is 5.33. The van der Waals surface area contributed by atoms with E-state index in [2.05, 4.69) is 18.3 Å². The van der Waals surface area contributed by atoms with E-state index in [1.807, 2.05) is 54.4 Å². The van der Waals surface area contributed by atoms with Crippen molar-refractivity contribution in [3.63, 3.8) is 0 Å². The molecule has 3 heterocycles. The molecule has 5 heteroatoms. The molecule has 3 aliphatic heterocycles. The standard InChI is InChI=1S/C19H17N3O2/c1-11-12(2)21-22-17(11)13-7-3-6-10-16(13)24-19(22)14-8-4-5-9-15(14)20-18(19)23/h3-11,17H,1-2H3,(H,20,23). The summed E-state index contributed by atoms with van der Waals surface area (Å²) in [6.45, 7) is 4.16. The average molecular weight is 319 g/mol.